The second-order valence-corrected chi connectivity index (χ2v) is 9.62. The molecule has 1 N–H and O–H groups in total. The average molecular weight is 423 g/mol. The van der Waals surface area contributed by atoms with E-state index in [1.54, 1.807) is 0 Å². The van der Waals surface area contributed by atoms with Crippen molar-refractivity contribution in [2.24, 2.45) is 5.92 Å². The molecule has 0 bridgehead atoms. The number of piperidine rings is 1. The van der Waals surface area contributed by atoms with Crippen LogP contribution in [-0.4, -0.2) is 30.4 Å². The van der Waals surface area contributed by atoms with E-state index in [1.165, 1.54) is 33.4 Å². The summed E-state index contributed by atoms with van der Waals surface area (Å²) in [4.78, 5) is 12.4. The summed E-state index contributed by atoms with van der Waals surface area (Å²) in [7, 11) is 0. The molecule has 1 unspecified atom stereocenters. The Bertz CT molecular complexity index is 794. The van der Waals surface area contributed by atoms with Crippen LogP contribution < -0.4 is 5.32 Å². The maximum absolute atomic E-state index is 10.6. The summed E-state index contributed by atoms with van der Waals surface area (Å²) in [5.41, 5.74) is 8.35. The highest BCUT2D eigenvalue weighted by atomic mass is 16.1. The molecule has 1 heterocycles. The van der Waals surface area contributed by atoms with Crippen LogP contribution in [0.5, 0.6) is 0 Å². The van der Waals surface area contributed by atoms with Crippen molar-refractivity contribution in [2.75, 3.05) is 13.1 Å². The second-order valence-electron chi connectivity index (χ2n) is 9.62. The number of likely N-dealkylation sites (tertiary alicyclic amines) is 1. The molecule has 1 aliphatic rings. The molecule has 1 fully saturated rings. The molecule has 3 nitrogen and oxygen atoms in total. The molecule has 2 aromatic rings. The number of carbonyl (C=O) groups excluding carboxylic acids is 1. The monoisotopic (exact) mass is 422 g/mol. The van der Waals surface area contributed by atoms with Crippen molar-refractivity contribution in [3.8, 4) is 0 Å². The highest BCUT2D eigenvalue weighted by Gasteiger charge is 2.19. The third-order valence-electron chi connectivity index (χ3n) is 6.67. The normalized spacial score (nSPS) is 15.4. The highest BCUT2D eigenvalue weighted by molar-refractivity contribution is 5.47. The van der Waals surface area contributed by atoms with Gasteiger partial charge in [0.15, 0.2) is 0 Å². The first-order chi connectivity index (χ1) is 14.7. The second kappa shape index (κ2) is 12.0. The Morgan fingerprint density at radius 3 is 1.97 bits per heavy atom. The number of hydrogen-bond donors (Lipinski definition) is 1. The van der Waals surface area contributed by atoms with Crippen LogP contribution in [0, 0.1) is 33.6 Å². The Morgan fingerprint density at radius 1 is 0.935 bits per heavy atom. The molecule has 0 aliphatic carbocycles. The van der Waals surface area contributed by atoms with Crippen molar-refractivity contribution in [1.82, 2.24) is 10.2 Å². The van der Waals surface area contributed by atoms with Crippen molar-refractivity contribution >= 4 is 6.41 Å². The van der Waals surface area contributed by atoms with E-state index < -0.39 is 0 Å². The predicted octanol–water partition coefficient (Wildman–Crippen LogP) is 6.08. The lowest BCUT2D eigenvalue weighted by Gasteiger charge is -2.29. The maximum Gasteiger partial charge on any atom is 0.209 e. The van der Waals surface area contributed by atoms with Crippen molar-refractivity contribution in [3.63, 3.8) is 0 Å². The topological polar surface area (TPSA) is 32.3 Å². The molecular weight excluding hydrogens is 380 g/mol. The molecule has 0 saturated carbocycles. The number of rotatable bonds is 6. The standard InChI is InChI=1S/C15H25N.C13H17NO/c1-10(2)14(6)16-9-15-12(4)7-11(3)8-13(15)5;1-11-2-4-12(5-3-11)13-6-8-14(10-15)9-7-13/h7-8,10,14,16H,9H2,1-6H3;2-5,10,13H,6-9H2,1H3. The molecule has 0 radical (unpaired) electrons. The third-order valence-corrected chi connectivity index (χ3v) is 6.67. The predicted molar refractivity (Wildman–Crippen MR) is 133 cm³/mol. The average Bonchev–Trinajstić information content (AvgIpc) is 2.74. The van der Waals surface area contributed by atoms with E-state index in [9.17, 15) is 4.79 Å². The Labute approximate surface area is 190 Å². The van der Waals surface area contributed by atoms with Gasteiger partial charge in [0.05, 0.1) is 0 Å². The number of nitrogens with one attached hydrogen (secondary N) is 1. The zero-order valence-electron chi connectivity index (χ0n) is 20.7. The molecule has 1 atom stereocenters. The molecule has 1 aliphatic heterocycles. The number of amides is 1. The van der Waals surface area contributed by atoms with Crippen LogP contribution in [0.25, 0.3) is 0 Å². The summed E-state index contributed by atoms with van der Waals surface area (Å²) in [6, 6.07) is 13.9. The van der Waals surface area contributed by atoms with E-state index in [0.717, 1.165) is 38.9 Å². The molecule has 0 spiro atoms. The van der Waals surface area contributed by atoms with Gasteiger partial charge in [-0.3, -0.25) is 4.79 Å². The minimum atomic E-state index is 0.570. The van der Waals surface area contributed by atoms with E-state index in [1.807, 2.05) is 4.90 Å². The van der Waals surface area contributed by atoms with Crippen LogP contribution in [0.15, 0.2) is 36.4 Å². The van der Waals surface area contributed by atoms with E-state index in [2.05, 4.69) is 90.2 Å². The summed E-state index contributed by atoms with van der Waals surface area (Å²) in [5.74, 6) is 1.33. The third kappa shape index (κ3) is 7.81. The molecular formula is C28H42N2O. The largest absolute Gasteiger partial charge is 0.345 e. The van der Waals surface area contributed by atoms with E-state index in [4.69, 9.17) is 0 Å². The van der Waals surface area contributed by atoms with Gasteiger partial charge in [-0.15, -0.1) is 0 Å². The number of hydrogen-bond acceptors (Lipinski definition) is 2. The summed E-state index contributed by atoms with van der Waals surface area (Å²) >= 11 is 0. The van der Waals surface area contributed by atoms with Crippen LogP contribution >= 0.6 is 0 Å². The number of aryl methyl sites for hydroxylation is 4. The fourth-order valence-electron chi connectivity index (χ4n) is 4.16. The number of carbonyl (C=O) groups is 1. The van der Waals surface area contributed by atoms with Crippen LogP contribution in [-0.2, 0) is 11.3 Å². The lowest BCUT2D eigenvalue weighted by molar-refractivity contribution is -0.119. The maximum atomic E-state index is 10.6. The lowest BCUT2D eigenvalue weighted by atomic mass is 9.89. The molecule has 31 heavy (non-hydrogen) atoms. The Balaban J connectivity index is 0.000000220. The van der Waals surface area contributed by atoms with Crippen molar-refractivity contribution in [1.29, 1.82) is 0 Å². The van der Waals surface area contributed by atoms with E-state index in [0.29, 0.717) is 17.9 Å². The summed E-state index contributed by atoms with van der Waals surface area (Å²) in [5, 5.41) is 3.60. The molecule has 1 amide bonds. The summed E-state index contributed by atoms with van der Waals surface area (Å²) < 4.78 is 0. The SMILES string of the molecule is Cc1cc(C)c(CNC(C)C(C)C)c(C)c1.Cc1ccc(C2CCN(C=O)CC2)cc1. The molecule has 3 heteroatoms. The zero-order chi connectivity index (χ0) is 23.0. The molecule has 3 rings (SSSR count). The van der Waals surface area contributed by atoms with Gasteiger partial charge in [0.1, 0.15) is 0 Å². The highest BCUT2D eigenvalue weighted by Crippen LogP contribution is 2.27. The number of nitrogens with zero attached hydrogens (tertiary/aromatic N) is 1. The van der Waals surface area contributed by atoms with Crippen LogP contribution in [0.1, 0.15) is 72.9 Å². The van der Waals surface area contributed by atoms with Gasteiger partial charge in [-0.25, -0.2) is 0 Å². The van der Waals surface area contributed by atoms with Crippen molar-refractivity contribution < 1.29 is 4.79 Å². The van der Waals surface area contributed by atoms with Crippen LogP contribution in [0.2, 0.25) is 0 Å². The van der Waals surface area contributed by atoms with Gasteiger partial charge in [0, 0.05) is 25.7 Å². The Hall–Kier alpha value is -2.13. The minimum absolute atomic E-state index is 0.570. The van der Waals surface area contributed by atoms with Gasteiger partial charge in [-0.1, -0.05) is 61.4 Å². The quantitative estimate of drug-likeness (QED) is 0.572. The van der Waals surface area contributed by atoms with Gasteiger partial charge in [-0.2, -0.15) is 0 Å². The molecule has 0 aromatic heterocycles. The fraction of sp³-hybridized carbons (Fsp3) is 0.536. The zero-order valence-corrected chi connectivity index (χ0v) is 20.7. The summed E-state index contributed by atoms with van der Waals surface area (Å²) in [6.45, 7) is 18.2. The van der Waals surface area contributed by atoms with Crippen molar-refractivity contribution in [2.45, 2.75) is 79.8 Å². The Kier molecular flexibility index (Phi) is 9.77. The summed E-state index contributed by atoms with van der Waals surface area (Å²) in [6.07, 6.45) is 3.16. The molecule has 2 aromatic carbocycles. The Morgan fingerprint density at radius 2 is 1.48 bits per heavy atom. The van der Waals surface area contributed by atoms with E-state index >= 15 is 0 Å². The van der Waals surface area contributed by atoms with Gasteiger partial charge < -0.3 is 10.2 Å². The van der Waals surface area contributed by atoms with Crippen molar-refractivity contribution in [3.05, 3.63) is 69.8 Å². The minimum Gasteiger partial charge on any atom is -0.345 e. The van der Waals surface area contributed by atoms with Gasteiger partial charge in [0.2, 0.25) is 6.41 Å². The van der Waals surface area contributed by atoms with Gasteiger partial charge in [-0.05, 0) is 81.5 Å². The first kappa shape index (κ1) is 25.1. The smallest absolute Gasteiger partial charge is 0.209 e. The lowest BCUT2D eigenvalue weighted by Crippen LogP contribution is -2.31. The van der Waals surface area contributed by atoms with Crippen LogP contribution in [0.3, 0.4) is 0 Å². The molecule has 170 valence electrons. The molecule has 1 saturated heterocycles. The van der Waals surface area contributed by atoms with Gasteiger partial charge >= 0.3 is 0 Å². The fourth-order valence-corrected chi connectivity index (χ4v) is 4.16. The first-order valence-corrected chi connectivity index (χ1v) is 11.8. The van der Waals surface area contributed by atoms with Crippen LogP contribution in [0.4, 0.5) is 0 Å². The van der Waals surface area contributed by atoms with Gasteiger partial charge in [0.25, 0.3) is 0 Å². The van der Waals surface area contributed by atoms with E-state index in [-0.39, 0.29) is 0 Å². The first-order valence-electron chi connectivity index (χ1n) is 11.8. The number of benzene rings is 2.